The summed E-state index contributed by atoms with van der Waals surface area (Å²) in [5.41, 5.74) is -0.758. The molecule has 0 fully saturated rings. The molecule has 203 valence electrons. The van der Waals surface area contributed by atoms with E-state index in [-0.39, 0.29) is 63.6 Å². The topological polar surface area (TPSA) is 239 Å². The number of non-ortho nitro benzene ring substituents is 2. The van der Waals surface area contributed by atoms with Crippen LogP contribution in [-0.4, -0.2) is 87.4 Å². The number of nitro benzene ring substituents is 2. The molecule has 0 saturated carbocycles. The minimum Gasteiger partial charge on any atom is -0.492 e. The van der Waals surface area contributed by atoms with Crippen LogP contribution in [0.4, 0.5) is 11.4 Å². The summed E-state index contributed by atoms with van der Waals surface area (Å²) in [4.78, 5) is 21.3. The van der Waals surface area contributed by atoms with Gasteiger partial charge in [-0.3, -0.25) is 29.3 Å². The molecule has 0 aliphatic rings. The van der Waals surface area contributed by atoms with Gasteiger partial charge in [0.2, 0.25) is 5.69 Å². The molecule has 40 heavy (non-hydrogen) atoms. The van der Waals surface area contributed by atoms with E-state index < -0.39 is 45.7 Å². The van der Waals surface area contributed by atoms with Crippen molar-refractivity contribution in [1.29, 1.82) is 0 Å². The van der Waals surface area contributed by atoms with Crippen LogP contribution >= 0.6 is 0 Å². The number of tetrazole rings is 1. The van der Waals surface area contributed by atoms with Gasteiger partial charge in [0, 0.05) is 58.6 Å². The SMILES string of the molecule is COc1cc([N+](=O)[O-])ccc1-[n+]1nc(-c2ccc(S(=O)(=O)O)cc2S(=O)(=O)O)nn1-c1ccc([N+](=O)[O-])cc1.[Na]. The van der Waals surface area contributed by atoms with Crippen LogP contribution in [0.1, 0.15) is 0 Å². The molecule has 0 atom stereocenters. The number of nitrogens with zero attached hydrogens (tertiary/aromatic N) is 6. The normalized spacial score (nSPS) is 11.5. The molecule has 0 saturated heterocycles. The predicted octanol–water partition coefficient (Wildman–Crippen LogP) is 1.15. The molecule has 1 heterocycles. The molecule has 2 N–H and O–H groups in total. The van der Waals surface area contributed by atoms with Crippen molar-refractivity contribution in [3.63, 3.8) is 0 Å². The molecule has 4 rings (SSSR count). The number of hydrogen-bond acceptors (Lipinski definition) is 11. The quantitative estimate of drug-likeness (QED) is 0.0947. The van der Waals surface area contributed by atoms with Crippen molar-refractivity contribution in [1.82, 2.24) is 15.0 Å². The third-order valence-corrected chi connectivity index (χ3v) is 6.95. The Balaban J connectivity index is 0.00000441. The average molecular weight is 602 g/mol. The monoisotopic (exact) mass is 602 g/mol. The fraction of sp³-hybridized carbons (Fsp3) is 0.0500. The zero-order chi connectivity index (χ0) is 28.7. The van der Waals surface area contributed by atoms with Gasteiger partial charge in [0.25, 0.3) is 31.6 Å². The summed E-state index contributed by atoms with van der Waals surface area (Å²) in [6.07, 6.45) is 0. The van der Waals surface area contributed by atoms with Crippen molar-refractivity contribution in [3.05, 3.63) is 80.9 Å². The van der Waals surface area contributed by atoms with E-state index in [4.69, 9.17) is 4.74 Å². The maximum absolute atomic E-state index is 12.1. The van der Waals surface area contributed by atoms with Crippen molar-refractivity contribution in [2.24, 2.45) is 0 Å². The molecule has 1 radical (unpaired) electrons. The van der Waals surface area contributed by atoms with Gasteiger partial charge in [-0.1, -0.05) is 0 Å². The van der Waals surface area contributed by atoms with E-state index in [9.17, 15) is 46.2 Å². The summed E-state index contributed by atoms with van der Waals surface area (Å²) in [5.74, 6) is -0.462. The summed E-state index contributed by atoms with van der Waals surface area (Å²) in [6.45, 7) is 0. The fourth-order valence-corrected chi connectivity index (χ4v) is 4.72. The third-order valence-electron chi connectivity index (χ3n) is 5.21. The van der Waals surface area contributed by atoms with Crippen LogP contribution in [0, 0.1) is 20.2 Å². The van der Waals surface area contributed by atoms with E-state index in [1.165, 1.54) is 25.3 Å². The Hall–Kier alpha value is -3.85. The van der Waals surface area contributed by atoms with Crippen molar-refractivity contribution >= 4 is 61.2 Å². The smallest absolute Gasteiger partial charge is 0.341 e. The van der Waals surface area contributed by atoms with Gasteiger partial charge in [-0.2, -0.15) is 16.8 Å². The van der Waals surface area contributed by atoms with Crippen LogP contribution in [-0.2, 0) is 20.2 Å². The van der Waals surface area contributed by atoms with Gasteiger partial charge in [-0.15, -0.1) is 0 Å². The molecule has 0 aliphatic heterocycles. The Kier molecular flexibility index (Phi) is 8.69. The molecule has 0 spiro atoms. The van der Waals surface area contributed by atoms with Crippen LogP contribution in [0.15, 0.2) is 70.5 Å². The van der Waals surface area contributed by atoms with Crippen LogP contribution < -0.4 is 9.53 Å². The first kappa shape index (κ1) is 30.7. The van der Waals surface area contributed by atoms with Gasteiger partial charge >= 0.3 is 5.82 Å². The van der Waals surface area contributed by atoms with Gasteiger partial charge < -0.3 is 4.74 Å². The molecule has 20 heteroatoms. The summed E-state index contributed by atoms with van der Waals surface area (Å²) in [6, 6.07) is 10.6. The number of ether oxygens (including phenoxy) is 1. The van der Waals surface area contributed by atoms with Crippen molar-refractivity contribution in [3.8, 4) is 28.5 Å². The Morgan fingerprint density at radius 1 is 0.875 bits per heavy atom. The van der Waals surface area contributed by atoms with E-state index in [0.29, 0.717) is 6.07 Å². The van der Waals surface area contributed by atoms with Crippen molar-refractivity contribution < 1.29 is 45.3 Å². The Labute approximate surface area is 246 Å². The second kappa shape index (κ2) is 11.3. The molecular formula is C20H15N6NaO11S2+. The summed E-state index contributed by atoms with van der Waals surface area (Å²) >= 11 is 0. The standard InChI is InChI=1S/C20H14N6O11S2.Na/c1-37-18-10-14(26(29)30)6-9-17(18)24-22-20(21-23(24)12-2-4-13(5-3-12)25(27)28)16-8-7-15(38(31,32)33)11-19(16)39(34,35)36;/h2-11H,1H3,(H-,31,32,33,34,35,36);/p+1. The Morgan fingerprint density at radius 2 is 1.48 bits per heavy atom. The molecule has 17 nitrogen and oxygen atoms in total. The third kappa shape index (κ3) is 6.14. The Morgan fingerprint density at radius 3 is 2.00 bits per heavy atom. The summed E-state index contributed by atoms with van der Waals surface area (Å²) in [7, 11) is -8.72. The largest absolute Gasteiger partial charge is 0.492 e. The van der Waals surface area contributed by atoms with E-state index in [1.807, 2.05) is 0 Å². The van der Waals surface area contributed by atoms with Gasteiger partial charge in [-0.25, -0.2) is 0 Å². The number of aromatic nitrogens is 4. The number of nitro groups is 2. The molecule has 0 bridgehead atoms. The minimum absolute atomic E-state index is 0. The van der Waals surface area contributed by atoms with Crippen LogP contribution in [0.3, 0.4) is 0 Å². The van der Waals surface area contributed by atoms with E-state index in [2.05, 4.69) is 10.2 Å². The summed E-state index contributed by atoms with van der Waals surface area (Å²) in [5, 5.41) is 30.8. The molecule has 3 aromatic carbocycles. The van der Waals surface area contributed by atoms with Crippen LogP contribution in [0.5, 0.6) is 5.75 Å². The zero-order valence-corrected chi connectivity index (χ0v) is 24.0. The van der Waals surface area contributed by atoms with E-state index in [0.717, 1.165) is 46.0 Å². The molecule has 4 aromatic rings. The number of hydrogen-bond donors (Lipinski definition) is 2. The van der Waals surface area contributed by atoms with E-state index >= 15 is 0 Å². The van der Waals surface area contributed by atoms with Gasteiger partial charge in [0.15, 0.2) is 5.75 Å². The molecule has 1 aromatic heterocycles. The Bertz CT molecular complexity index is 1860. The van der Waals surface area contributed by atoms with Gasteiger partial charge in [0.1, 0.15) is 10.6 Å². The first-order valence-electron chi connectivity index (χ1n) is 10.3. The first-order chi connectivity index (χ1) is 18.2. The molecule has 0 unspecified atom stereocenters. The number of benzene rings is 3. The zero-order valence-electron chi connectivity index (χ0n) is 20.3. The molecular weight excluding hydrogens is 587 g/mol. The molecule has 0 aliphatic carbocycles. The number of rotatable bonds is 8. The van der Waals surface area contributed by atoms with Crippen molar-refractivity contribution in [2.75, 3.05) is 7.11 Å². The number of methoxy groups -OCH3 is 1. The fourth-order valence-electron chi connectivity index (χ4n) is 3.43. The van der Waals surface area contributed by atoms with Crippen molar-refractivity contribution in [2.45, 2.75) is 9.79 Å². The summed E-state index contributed by atoms with van der Waals surface area (Å²) < 4.78 is 71.6. The maximum Gasteiger partial charge on any atom is 0.341 e. The molecule has 0 amide bonds. The maximum atomic E-state index is 12.1. The van der Waals surface area contributed by atoms with E-state index in [1.54, 1.807) is 0 Å². The van der Waals surface area contributed by atoms with Gasteiger partial charge in [0.05, 0.1) is 38.6 Å². The second-order valence-electron chi connectivity index (χ2n) is 7.60. The predicted molar refractivity (Wildman–Crippen MR) is 134 cm³/mol. The van der Waals surface area contributed by atoms with Crippen LogP contribution in [0.25, 0.3) is 22.8 Å². The minimum atomic E-state index is -5.09. The van der Waals surface area contributed by atoms with Crippen LogP contribution in [0.2, 0.25) is 0 Å². The van der Waals surface area contributed by atoms with Gasteiger partial charge in [-0.05, 0) is 40.2 Å². The first-order valence-corrected chi connectivity index (χ1v) is 13.2. The second-order valence-corrected chi connectivity index (χ2v) is 10.4. The average Bonchev–Trinajstić information content (AvgIpc) is 3.32.